The zero-order chi connectivity index (χ0) is 19.6. The third kappa shape index (κ3) is 4.27. The van der Waals surface area contributed by atoms with Gasteiger partial charge in [-0.3, -0.25) is 0 Å². The summed E-state index contributed by atoms with van der Waals surface area (Å²) < 4.78 is 39.4. The maximum Gasteiger partial charge on any atom is 0.417 e. The molecule has 2 nitrogen and oxygen atoms in total. The average Bonchev–Trinajstić information content (AvgIpc) is 2.45. The monoisotopic (exact) mass is 370 g/mol. The molecule has 0 aromatic heterocycles. The molecule has 0 bridgehead atoms. The fourth-order valence-corrected chi connectivity index (χ4v) is 8.95. The van der Waals surface area contributed by atoms with E-state index < -0.39 is 31.3 Å². The van der Waals surface area contributed by atoms with Crippen molar-refractivity contribution in [3.8, 4) is 11.5 Å². The molecule has 1 N–H and O–H groups in total. The van der Waals surface area contributed by atoms with Gasteiger partial charge in [-0.25, -0.2) is 4.79 Å². The van der Waals surface area contributed by atoms with Crippen LogP contribution in [0.1, 0.15) is 63.0 Å². The lowest BCUT2D eigenvalue weighted by Crippen LogP contribution is -2.43. The third-order valence-corrected chi connectivity index (χ3v) is 11.2. The van der Waals surface area contributed by atoms with E-state index in [0.29, 0.717) is 16.6 Å². The molecule has 0 radical (unpaired) electrons. The van der Waals surface area contributed by atoms with Crippen molar-refractivity contribution in [3.05, 3.63) is 34.9 Å². The van der Waals surface area contributed by atoms with Gasteiger partial charge in [0.15, 0.2) is 0 Å². The summed E-state index contributed by atoms with van der Waals surface area (Å²) >= 11 is 0. The van der Waals surface area contributed by atoms with Crippen LogP contribution in [0, 0.1) is 11.5 Å². The van der Waals surface area contributed by atoms with Gasteiger partial charge in [-0.05, 0) is 28.8 Å². The van der Waals surface area contributed by atoms with Crippen molar-refractivity contribution in [1.82, 2.24) is 0 Å². The van der Waals surface area contributed by atoms with Crippen LogP contribution in [0.4, 0.5) is 13.2 Å². The Bertz CT molecular complexity index is 673. The van der Waals surface area contributed by atoms with Gasteiger partial charge >= 0.3 is 12.1 Å². The number of halogens is 3. The van der Waals surface area contributed by atoms with Crippen LogP contribution >= 0.6 is 0 Å². The molecule has 6 heteroatoms. The van der Waals surface area contributed by atoms with Gasteiger partial charge in [-0.1, -0.05) is 53.5 Å². The van der Waals surface area contributed by atoms with E-state index in [9.17, 15) is 23.1 Å². The van der Waals surface area contributed by atoms with Crippen molar-refractivity contribution >= 4 is 14.0 Å². The molecule has 0 atom stereocenters. The SMILES string of the molecule is CC(C)[Si](C#Cc1cccc(C(F)(F)F)c1C(=O)O)(C(C)C)C(C)C. The number of carbonyl (C=O) groups is 1. The standard InChI is InChI=1S/C19H25F3O2Si/c1-12(2)25(13(3)4,14(5)6)11-10-15-8-7-9-16(19(20,21)22)17(15)18(23)24/h7-9,12-14H,1-6H3,(H,23,24). The predicted octanol–water partition coefficient (Wildman–Crippen LogP) is 5.97. The Morgan fingerprint density at radius 1 is 1.04 bits per heavy atom. The largest absolute Gasteiger partial charge is 0.478 e. The summed E-state index contributed by atoms with van der Waals surface area (Å²) in [6, 6.07) is 3.35. The minimum atomic E-state index is -4.73. The number of rotatable bonds is 4. The van der Waals surface area contributed by atoms with Crippen LogP contribution in [0.2, 0.25) is 16.6 Å². The maximum atomic E-state index is 13.1. The normalized spacial score (nSPS) is 12.5. The quantitative estimate of drug-likeness (QED) is 0.523. The molecule has 0 amide bonds. The highest BCUT2D eigenvalue weighted by Gasteiger charge is 2.42. The predicted molar refractivity (Wildman–Crippen MR) is 96.3 cm³/mol. The molecule has 25 heavy (non-hydrogen) atoms. The first-order valence-corrected chi connectivity index (χ1v) is 10.6. The second kappa shape index (κ2) is 7.65. The van der Waals surface area contributed by atoms with Crippen molar-refractivity contribution in [2.45, 2.75) is 64.3 Å². The minimum absolute atomic E-state index is 0.0684. The van der Waals surface area contributed by atoms with Crippen LogP contribution in [-0.2, 0) is 6.18 Å². The lowest BCUT2D eigenvalue weighted by atomic mass is 10.0. The zero-order valence-electron chi connectivity index (χ0n) is 15.5. The first-order chi connectivity index (χ1) is 11.4. The summed E-state index contributed by atoms with van der Waals surface area (Å²) in [5.74, 6) is 1.21. The summed E-state index contributed by atoms with van der Waals surface area (Å²) in [5, 5.41) is 9.31. The number of benzene rings is 1. The smallest absolute Gasteiger partial charge is 0.417 e. The highest BCUT2D eigenvalue weighted by atomic mass is 28.3. The van der Waals surface area contributed by atoms with Crippen LogP contribution in [0.5, 0.6) is 0 Å². The molecular formula is C19H25F3O2Si. The molecular weight excluding hydrogens is 345 g/mol. The molecule has 0 aliphatic heterocycles. The number of carboxylic acid groups (broad SMARTS) is 1. The third-order valence-electron chi connectivity index (χ3n) is 4.86. The van der Waals surface area contributed by atoms with Gasteiger partial charge < -0.3 is 5.11 Å². The average molecular weight is 370 g/mol. The van der Waals surface area contributed by atoms with Gasteiger partial charge in [0.1, 0.15) is 8.07 Å². The molecule has 1 rings (SSSR count). The fraction of sp³-hybridized carbons (Fsp3) is 0.526. The lowest BCUT2D eigenvalue weighted by Gasteiger charge is -2.38. The Morgan fingerprint density at radius 2 is 1.52 bits per heavy atom. The molecule has 138 valence electrons. The van der Waals surface area contributed by atoms with Gasteiger partial charge in [-0.15, -0.1) is 5.54 Å². The van der Waals surface area contributed by atoms with Crippen molar-refractivity contribution in [2.24, 2.45) is 0 Å². The highest BCUT2D eigenvalue weighted by molar-refractivity contribution is 6.90. The summed E-state index contributed by atoms with van der Waals surface area (Å²) in [7, 11) is -2.17. The topological polar surface area (TPSA) is 37.3 Å². The van der Waals surface area contributed by atoms with Gasteiger partial charge in [-0.2, -0.15) is 13.2 Å². The molecule has 0 heterocycles. The Kier molecular flexibility index (Phi) is 6.52. The Balaban J connectivity index is 3.66. The summed E-state index contributed by atoms with van der Waals surface area (Å²) in [6.45, 7) is 12.5. The number of aromatic carboxylic acids is 1. The second-order valence-electron chi connectivity index (χ2n) is 7.18. The summed E-state index contributed by atoms with van der Waals surface area (Å²) in [6.07, 6.45) is -4.73. The number of hydrogen-bond acceptors (Lipinski definition) is 1. The lowest BCUT2D eigenvalue weighted by molar-refractivity contribution is -0.138. The molecule has 0 fully saturated rings. The van der Waals surface area contributed by atoms with Crippen LogP contribution < -0.4 is 0 Å². The van der Waals surface area contributed by atoms with E-state index in [-0.39, 0.29) is 5.56 Å². The van der Waals surface area contributed by atoms with E-state index in [1.807, 2.05) is 0 Å². The molecule has 0 unspecified atom stereocenters. The van der Waals surface area contributed by atoms with Crippen molar-refractivity contribution in [1.29, 1.82) is 0 Å². The van der Waals surface area contributed by atoms with E-state index in [4.69, 9.17) is 0 Å². The number of carboxylic acids is 1. The maximum absolute atomic E-state index is 13.1. The number of alkyl halides is 3. The van der Waals surface area contributed by atoms with Gasteiger partial charge in [0.2, 0.25) is 0 Å². The van der Waals surface area contributed by atoms with Crippen molar-refractivity contribution < 1.29 is 23.1 Å². The first kappa shape index (κ1) is 21.3. The molecule has 1 aromatic carbocycles. The highest BCUT2D eigenvalue weighted by Crippen LogP contribution is 2.41. The molecule has 1 aromatic rings. The van der Waals surface area contributed by atoms with Gasteiger partial charge in [0.25, 0.3) is 0 Å². The molecule has 0 aliphatic rings. The second-order valence-corrected chi connectivity index (χ2v) is 12.8. The van der Waals surface area contributed by atoms with Crippen LogP contribution in [-0.4, -0.2) is 19.1 Å². The molecule has 0 aliphatic carbocycles. The van der Waals surface area contributed by atoms with E-state index in [0.717, 1.165) is 6.07 Å². The fourth-order valence-electron chi connectivity index (χ4n) is 3.73. The summed E-state index contributed by atoms with van der Waals surface area (Å²) in [5.41, 5.74) is 2.21. The van der Waals surface area contributed by atoms with Gasteiger partial charge in [0, 0.05) is 5.56 Å². The zero-order valence-corrected chi connectivity index (χ0v) is 16.5. The van der Waals surface area contributed by atoms with Crippen LogP contribution in [0.15, 0.2) is 18.2 Å². The minimum Gasteiger partial charge on any atom is -0.478 e. The van der Waals surface area contributed by atoms with Crippen molar-refractivity contribution in [2.75, 3.05) is 0 Å². The van der Waals surface area contributed by atoms with E-state index in [2.05, 4.69) is 53.0 Å². The van der Waals surface area contributed by atoms with E-state index in [1.165, 1.54) is 12.1 Å². The number of hydrogen-bond donors (Lipinski definition) is 1. The molecule has 0 spiro atoms. The molecule has 0 saturated carbocycles. The van der Waals surface area contributed by atoms with Crippen molar-refractivity contribution in [3.63, 3.8) is 0 Å². The van der Waals surface area contributed by atoms with E-state index >= 15 is 0 Å². The summed E-state index contributed by atoms with van der Waals surface area (Å²) in [4.78, 5) is 11.5. The first-order valence-electron chi connectivity index (χ1n) is 8.32. The van der Waals surface area contributed by atoms with Crippen LogP contribution in [0.25, 0.3) is 0 Å². The Labute approximate surface area is 148 Å². The van der Waals surface area contributed by atoms with E-state index in [1.54, 1.807) is 0 Å². The molecule has 0 saturated heterocycles. The van der Waals surface area contributed by atoms with Gasteiger partial charge in [0.05, 0.1) is 11.1 Å². The van der Waals surface area contributed by atoms with Crippen LogP contribution in [0.3, 0.4) is 0 Å². The Morgan fingerprint density at radius 3 is 1.88 bits per heavy atom. The Hall–Kier alpha value is -1.74.